The maximum absolute atomic E-state index is 11.7. The summed E-state index contributed by atoms with van der Waals surface area (Å²) in [5.41, 5.74) is 2.19. The molecule has 1 unspecified atom stereocenters. The van der Waals surface area contributed by atoms with Crippen LogP contribution in [0.1, 0.15) is 24.0 Å². The van der Waals surface area contributed by atoms with Crippen LogP contribution >= 0.6 is 0 Å². The lowest BCUT2D eigenvalue weighted by atomic mass is 10.1. The maximum Gasteiger partial charge on any atom is 0.257 e. The maximum atomic E-state index is 11.7. The van der Waals surface area contributed by atoms with Crippen LogP contribution in [0.25, 0.3) is 0 Å². The first-order chi connectivity index (χ1) is 9.65. The molecule has 1 saturated heterocycles. The number of carbonyl (C=O) groups excluding carboxylic acids is 1. The van der Waals surface area contributed by atoms with Gasteiger partial charge in [-0.05, 0) is 62.9 Å². The number of amides is 1. The van der Waals surface area contributed by atoms with Crippen LogP contribution in [-0.2, 0) is 4.79 Å². The topological polar surface area (TPSA) is 50.4 Å². The first-order valence-corrected chi connectivity index (χ1v) is 7.32. The van der Waals surface area contributed by atoms with Crippen molar-refractivity contribution in [3.05, 3.63) is 29.3 Å². The van der Waals surface area contributed by atoms with Crippen molar-refractivity contribution in [3.8, 4) is 5.75 Å². The first kappa shape index (κ1) is 14.9. The summed E-state index contributed by atoms with van der Waals surface area (Å²) in [6.07, 6.45) is 2.26. The monoisotopic (exact) mass is 276 g/mol. The van der Waals surface area contributed by atoms with Gasteiger partial charge in [0.1, 0.15) is 5.75 Å². The Balaban J connectivity index is 1.67. The van der Waals surface area contributed by atoms with E-state index >= 15 is 0 Å². The number of aryl methyl sites for hydroxylation is 2. The molecule has 0 aromatic heterocycles. The molecule has 1 heterocycles. The zero-order valence-corrected chi connectivity index (χ0v) is 12.4. The van der Waals surface area contributed by atoms with Crippen LogP contribution in [0.5, 0.6) is 5.75 Å². The van der Waals surface area contributed by atoms with Gasteiger partial charge in [0.25, 0.3) is 5.91 Å². The van der Waals surface area contributed by atoms with Gasteiger partial charge in [-0.25, -0.2) is 0 Å². The molecule has 110 valence electrons. The average Bonchev–Trinajstić information content (AvgIpc) is 2.93. The number of hydrogen-bond acceptors (Lipinski definition) is 3. The number of carbonyl (C=O) groups is 1. The molecule has 0 radical (unpaired) electrons. The minimum Gasteiger partial charge on any atom is -0.483 e. The molecule has 1 aliphatic heterocycles. The summed E-state index contributed by atoms with van der Waals surface area (Å²) in [4.78, 5) is 11.7. The van der Waals surface area contributed by atoms with Gasteiger partial charge < -0.3 is 15.4 Å². The summed E-state index contributed by atoms with van der Waals surface area (Å²) in [6, 6.07) is 6.01. The van der Waals surface area contributed by atoms with Crippen LogP contribution < -0.4 is 15.4 Å². The summed E-state index contributed by atoms with van der Waals surface area (Å²) < 4.78 is 5.58. The van der Waals surface area contributed by atoms with Crippen molar-refractivity contribution in [3.63, 3.8) is 0 Å². The molecule has 1 amide bonds. The Morgan fingerprint density at radius 2 is 2.30 bits per heavy atom. The lowest BCUT2D eigenvalue weighted by molar-refractivity contribution is -0.123. The first-order valence-electron chi connectivity index (χ1n) is 7.32. The standard InChI is InChI=1S/C16H24N2O2/c1-12-3-4-13(2)15(9-12)20-11-16(19)18-8-6-14-5-7-17-10-14/h3-4,9,14,17H,5-8,10-11H2,1-2H3,(H,18,19). The second kappa shape index (κ2) is 7.29. The van der Waals surface area contributed by atoms with E-state index in [-0.39, 0.29) is 12.5 Å². The molecule has 1 fully saturated rings. The van der Waals surface area contributed by atoms with Crippen LogP contribution in [0.4, 0.5) is 0 Å². The second-order valence-electron chi connectivity index (χ2n) is 5.56. The molecule has 0 aliphatic carbocycles. The molecule has 0 spiro atoms. The minimum absolute atomic E-state index is 0.0446. The molecule has 1 aliphatic rings. The lowest BCUT2D eigenvalue weighted by Crippen LogP contribution is -2.31. The zero-order chi connectivity index (χ0) is 14.4. The molecular weight excluding hydrogens is 252 g/mol. The fourth-order valence-electron chi connectivity index (χ4n) is 2.43. The number of ether oxygens (including phenoxy) is 1. The van der Waals surface area contributed by atoms with Crippen molar-refractivity contribution >= 4 is 5.91 Å². The van der Waals surface area contributed by atoms with Crippen LogP contribution in [0.2, 0.25) is 0 Å². The molecule has 0 bridgehead atoms. The Hall–Kier alpha value is -1.55. The second-order valence-corrected chi connectivity index (χ2v) is 5.56. The molecule has 1 atom stereocenters. The highest BCUT2D eigenvalue weighted by atomic mass is 16.5. The lowest BCUT2D eigenvalue weighted by Gasteiger charge is -2.11. The largest absolute Gasteiger partial charge is 0.483 e. The molecule has 4 heteroatoms. The van der Waals surface area contributed by atoms with Gasteiger partial charge in [0.15, 0.2) is 6.61 Å². The normalized spacial score (nSPS) is 18.0. The smallest absolute Gasteiger partial charge is 0.257 e. The van der Waals surface area contributed by atoms with Crippen molar-refractivity contribution in [2.45, 2.75) is 26.7 Å². The Bertz CT molecular complexity index is 454. The number of benzene rings is 1. The number of hydrogen-bond donors (Lipinski definition) is 2. The summed E-state index contributed by atoms with van der Waals surface area (Å²) in [5, 5.41) is 6.25. The van der Waals surface area contributed by atoms with Crippen molar-refractivity contribution in [1.82, 2.24) is 10.6 Å². The van der Waals surface area contributed by atoms with Gasteiger partial charge in [-0.1, -0.05) is 12.1 Å². The molecular formula is C16H24N2O2. The third-order valence-corrected chi connectivity index (χ3v) is 3.74. The average molecular weight is 276 g/mol. The third kappa shape index (κ3) is 4.53. The van der Waals surface area contributed by atoms with E-state index in [0.717, 1.165) is 42.9 Å². The van der Waals surface area contributed by atoms with E-state index in [1.54, 1.807) is 0 Å². The van der Waals surface area contributed by atoms with E-state index in [4.69, 9.17) is 4.74 Å². The van der Waals surface area contributed by atoms with E-state index in [1.165, 1.54) is 6.42 Å². The fourth-order valence-corrected chi connectivity index (χ4v) is 2.43. The van der Waals surface area contributed by atoms with E-state index in [9.17, 15) is 4.79 Å². The molecule has 4 nitrogen and oxygen atoms in total. The van der Waals surface area contributed by atoms with Crippen molar-refractivity contribution in [2.24, 2.45) is 5.92 Å². The SMILES string of the molecule is Cc1ccc(C)c(OCC(=O)NCCC2CCNC2)c1. The molecule has 2 N–H and O–H groups in total. The molecule has 1 aromatic rings. The number of nitrogens with one attached hydrogen (secondary N) is 2. The highest BCUT2D eigenvalue weighted by Gasteiger charge is 2.14. The van der Waals surface area contributed by atoms with Crippen molar-refractivity contribution in [1.29, 1.82) is 0 Å². The van der Waals surface area contributed by atoms with Gasteiger partial charge in [0.2, 0.25) is 0 Å². The highest BCUT2D eigenvalue weighted by Crippen LogP contribution is 2.18. The molecule has 0 saturated carbocycles. The Morgan fingerprint density at radius 3 is 3.05 bits per heavy atom. The highest BCUT2D eigenvalue weighted by molar-refractivity contribution is 5.77. The van der Waals surface area contributed by atoms with Gasteiger partial charge in [-0.3, -0.25) is 4.79 Å². The van der Waals surface area contributed by atoms with Crippen molar-refractivity contribution in [2.75, 3.05) is 26.2 Å². The van der Waals surface area contributed by atoms with E-state index in [1.807, 2.05) is 32.0 Å². The summed E-state index contributed by atoms with van der Waals surface area (Å²) in [7, 11) is 0. The van der Waals surface area contributed by atoms with Gasteiger partial charge in [0, 0.05) is 6.54 Å². The Morgan fingerprint density at radius 1 is 1.45 bits per heavy atom. The van der Waals surface area contributed by atoms with Gasteiger partial charge in [-0.2, -0.15) is 0 Å². The fraction of sp³-hybridized carbons (Fsp3) is 0.562. The van der Waals surface area contributed by atoms with Gasteiger partial charge in [0.05, 0.1) is 0 Å². The third-order valence-electron chi connectivity index (χ3n) is 3.74. The predicted octanol–water partition coefficient (Wildman–Crippen LogP) is 1.80. The molecule has 2 rings (SSSR count). The summed E-state index contributed by atoms with van der Waals surface area (Å²) >= 11 is 0. The Kier molecular flexibility index (Phi) is 5.41. The quantitative estimate of drug-likeness (QED) is 0.833. The van der Waals surface area contributed by atoms with Gasteiger partial charge in [-0.15, -0.1) is 0 Å². The van der Waals surface area contributed by atoms with E-state index in [0.29, 0.717) is 5.92 Å². The summed E-state index contributed by atoms with van der Waals surface area (Å²) in [6.45, 7) is 7.01. The zero-order valence-electron chi connectivity index (χ0n) is 12.4. The van der Waals surface area contributed by atoms with Crippen molar-refractivity contribution < 1.29 is 9.53 Å². The van der Waals surface area contributed by atoms with E-state index in [2.05, 4.69) is 10.6 Å². The predicted molar refractivity (Wildman–Crippen MR) is 80.0 cm³/mol. The molecule has 1 aromatic carbocycles. The van der Waals surface area contributed by atoms with Crippen LogP contribution in [-0.4, -0.2) is 32.1 Å². The van der Waals surface area contributed by atoms with Crippen LogP contribution in [0, 0.1) is 19.8 Å². The van der Waals surface area contributed by atoms with E-state index < -0.39 is 0 Å². The summed E-state index contributed by atoms with van der Waals surface area (Å²) in [5.74, 6) is 1.45. The van der Waals surface area contributed by atoms with Crippen LogP contribution in [0.3, 0.4) is 0 Å². The van der Waals surface area contributed by atoms with Gasteiger partial charge >= 0.3 is 0 Å². The number of rotatable bonds is 6. The minimum atomic E-state index is -0.0446. The van der Waals surface area contributed by atoms with Crippen LogP contribution in [0.15, 0.2) is 18.2 Å². The molecule has 20 heavy (non-hydrogen) atoms. The Labute approximate surface area is 120 Å².